The number of likely N-dealkylation sites (tertiary alicyclic amines) is 1. The van der Waals surface area contributed by atoms with Crippen LogP contribution in [0.2, 0.25) is 0 Å². The third kappa shape index (κ3) is 5.82. The van der Waals surface area contributed by atoms with Crippen LogP contribution in [0.5, 0.6) is 0 Å². The number of hydrogen-bond donors (Lipinski definition) is 0. The molecule has 0 aromatic heterocycles. The Bertz CT molecular complexity index is 1930. The van der Waals surface area contributed by atoms with E-state index >= 15 is 4.39 Å². The van der Waals surface area contributed by atoms with Crippen molar-refractivity contribution in [1.29, 1.82) is 0 Å². The predicted octanol–water partition coefficient (Wildman–Crippen LogP) is 7.13. The number of fused-ring (bicyclic) bond motifs is 3. The summed E-state index contributed by atoms with van der Waals surface area (Å²) in [6.45, 7) is 1.07. The van der Waals surface area contributed by atoms with E-state index in [4.69, 9.17) is 0 Å². The van der Waals surface area contributed by atoms with E-state index in [2.05, 4.69) is 4.18 Å². The Labute approximate surface area is 278 Å². The molecule has 1 fully saturated rings. The summed E-state index contributed by atoms with van der Waals surface area (Å²) in [4.78, 5) is 14.5. The number of sulfone groups is 1. The number of rotatable bonds is 6. The number of nitrogens with zero attached hydrogens (tertiary/aromatic N) is 1. The third-order valence-electron chi connectivity index (χ3n) is 9.56. The number of halogens is 11. The van der Waals surface area contributed by atoms with Crippen molar-refractivity contribution in [2.45, 2.75) is 78.2 Å². The minimum Gasteiger partial charge on any atom is -0.381 e. The first-order valence-corrected chi connectivity index (χ1v) is 17.7. The van der Waals surface area contributed by atoms with E-state index < -0.39 is 113 Å². The standard InChI is InChI=1S/C30H26F11NO6S2/c1-16-13-20(48-50(46,47)30(39,40)41)7-8-22(16)25(43)42-12-11-26(49(44,45)21-4-2-3-19(31)15-21)23-9-6-18(14-17(23)5-10-24(26)42)27(32,28(33,34)35)29(36,37)38/h2-4,6-7,9,14-16,22,24H,5,8,10-13H2,1H3/t16-,22+,24?,26?/m1/s1. The Hall–Kier alpha value is -3.42. The molecule has 1 amide bonds. The highest BCUT2D eigenvalue weighted by molar-refractivity contribution is 7.92. The average molecular weight is 770 g/mol. The molecule has 1 saturated heterocycles. The van der Waals surface area contributed by atoms with Gasteiger partial charge in [-0.1, -0.05) is 31.2 Å². The zero-order valence-electron chi connectivity index (χ0n) is 25.5. The maximum absolute atomic E-state index is 15.0. The predicted molar refractivity (Wildman–Crippen MR) is 151 cm³/mol. The second-order valence-corrected chi connectivity index (χ2v) is 16.1. The molecule has 2 unspecified atom stereocenters. The summed E-state index contributed by atoms with van der Waals surface area (Å²) < 4.78 is 203. The Balaban J connectivity index is 1.58. The first-order chi connectivity index (χ1) is 22.8. The van der Waals surface area contributed by atoms with E-state index in [-0.39, 0.29) is 36.6 Å². The molecule has 0 bridgehead atoms. The highest BCUT2D eigenvalue weighted by Gasteiger charge is 2.74. The minimum absolute atomic E-state index is 0.181. The second kappa shape index (κ2) is 12.1. The van der Waals surface area contributed by atoms with Gasteiger partial charge in [0.1, 0.15) is 16.3 Å². The molecule has 276 valence electrons. The van der Waals surface area contributed by atoms with Gasteiger partial charge in [0, 0.05) is 24.4 Å². The van der Waals surface area contributed by atoms with Crippen molar-refractivity contribution >= 4 is 25.9 Å². The average Bonchev–Trinajstić information content (AvgIpc) is 3.40. The monoisotopic (exact) mass is 769 g/mol. The van der Waals surface area contributed by atoms with Crippen LogP contribution in [-0.2, 0) is 45.8 Å². The van der Waals surface area contributed by atoms with Crippen molar-refractivity contribution in [2.24, 2.45) is 11.8 Å². The summed E-state index contributed by atoms with van der Waals surface area (Å²) in [5.41, 5.74) is -14.1. The molecule has 2 aliphatic carbocycles. The number of carbonyl (C=O) groups excluding carboxylic acids is 1. The maximum atomic E-state index is 15.0. The molecule has 0 spiro atoms. The van der Waals surface area contributed by atoms with Crippen LogP contribution < -0.4 is 0 Å². The zero-order valence-corrected chi connectivity index (χ0v) is 27.1. The summed E-state index contributed by atoms with van der Waals surface area (Å²) in [5, 5.41) is 0. The van der Waals surface area contributed by atoms with Crippen LogP contribution in [0.25, 0.3) is 0 Å². The summed E-state index contributed by atoms with van der Waals surface area (Å²) in [5.74, 6) is -4.18. The summed E-state index contributed by atoms with van der Waals surface area (Å²) in [7, 11) is -10.8. The summed E-state index contributed by atoms with van der Waals surface area (Å²) in [6, 6.07) is 3.43. The van der Waals surface area contributed by atoms with Crippen molar-refractivity contribution in [3.05, 3.63) is 76.8 Å². The van der Waals surface area contributed by atoms with E-state index in [1.165, 1.54) is 6.92 Å². The van der Waals surface area contributed by atoms with E-state index in [1.54, 1.807) is 0 Å². The van der Waals surface area contributed by atoms with Crippen LogP contribution in [0.3, 0.4) is 0 Å². The lowest BCUT2D eigenvalue weighted by atomic mass is 9.76. The molecule has 1 aliphatic heterocycles. The third-order valence-corrected chi connectivity index (χ3v) is 13.1. The Kier molecular flexibility index (Phi) is 9.14. The molecule has 2 aromatic rings. The van der Waals surface area contributed by atoms with Gasteiger partial charge in [-0.25, -0.2) is 17.2 Å². The second-order valence-electron chi connectivity index (χ2n) is 12.4. The molecule has 50 heavy (non-hydrogen) atoms. The number of alkyl halides is 10. The topological polar surface area (TPSA) is 97.8 Å². The Morgan fingerprint density at radius 1 is 0.920 bits per heavy atom. The molecule has 0 radical (unpaired) electrons. The van der Waals surface area contributed by atoms with Crippen LogP contribution >= 0.6 is 0 Å². The van der Waals surface area contributed by atoms with Crippen LogP contribution in [0.4, 0.5) is 48.3 Å². The smallest absolute Gasteiger partial charge is 0.381 e. The molecule has 0 N–H and O–H groups in total. The van der Waals surface area contributed by atoms with Crippen molar-refractivity contribution in [3.8, 4) is 0 Å². The lowest BCUT2D eigenvalue weighted by Crippen LogP contribution is -2.54. The maximum Gasteiger partial charge on any atom is 0.534 e. The summed E-state index contributed by atoms with van der Waals surface area (Å²) in [6.07, 6.45) is -13.9. The molecule has 2 aromatic carbocycles. The number of amides is 1. The van der Waals surface area contributed by atoms with Crippen LogP contribution in [0.1, 0.15) is 49.3 Å². The number of carbonyl (C=O) groups is 1. The fraction of sp³-hybridized carbons (Fsp3) is 0.500. The van der Waals surface area contributed by atoms with Gasteiger partial charge in [-0.2, -0.15) is 47.9 Å². The van der Waals surface area contributed by atoms with E-state index in [9.17, 15) is 65.5 Å². The van der Waals surface area contributed by atoms with Gasteiger partial charge in [0.2, 0.25) is 5.91 Å². The van der Waals surface area contributed by atoms with E-state index in [0.717, 1.165) is 29.2 Å². The summed E-state index contributed by atoms with van der Waals surface area (Å²) >= 11 is 0. The van der Waals surface area contributed by atoms with Crippen molar-refractivity contribution in [2.75, 3.05) is 6.54 Å². The quantitative estimate of drug-likeness (QED) is 0.176. The molecule has 5 rings (SSSR count). The van der Waals surface area contributed by atoms with Crippen molar-refractivity contribution in [3.63, 3.8) is 0 Å². The van der Waals surface area contributed by atoms with Gasteiger partial charge in [0.05, 0.1) is 10.9 Å². The lowest BCUT2D eigenvalue weighted by Gasteiger charge is -2.44. The Morgan fingerprint density at radius 2 is 1.56 bits per heavy atom. The molecule has 1 heterocycles. The number of benzene rings is 2. The normalized spacial score (nSPS) is 25.1. The zero-order chi connectivity index (χ0) is 37.5. The molecule has 20 heteroatoms. The highest BCUT2D eigenvalue weighted by Crippen LogP contribution is 2.57. The number of aryl methyl sites for hydroxylation is 1. The van der Waals surface area contributed by atoms with E-state index in [0.29, 0.717) is 18.2 Å². The van der Waals surface area contributed by atoms with Crippen LogP contribution in [0.15, 0.2) is 59.2 Å². The molecular formula is C30H26F11NO6S2. The lowest BCUT2D eigenvalue weighted by molar-refractivity contribution is -0.348. The van der Waals surface area contributed by atoms with Crippen LogP contribution in [0, 0.1) is 17.7 Å². The van der Waals surface area contributed by atoms with Gasteiger partial charge in [-0.3, -0.25) is 4.79 Å². The number of allylic oxidation sites excluding steroid dienone is 2. The van der Waals surface area contributed by atoms with Gasteiger partial charge in [-0.05, 0) is 67.0 Å². The van der Waals surface area contributed by atoms with Gasteiger partial charge in [-0.15, -0.1) is 0 Å². The van der Waals surface area contributed by atoms with Gasteiger partial charge >= 0.3 is 33.6 Å². The molecular weight excluding hydrogens is 743 g/mol. The number of hydrogen-bond acceptors (Lipinski definition) is 6. The first kappa shape index (κ1) is 37.8. The van der Waals surface area contributed by atoms with Gasteiger partial charge in [0.15, 0.2) is 9.84 Å². The minimum atomic E-state index is -6.45. The van der Waals surface area contributed by atoms with E-state index in [1.807, 2.05) is 0 Å². The Morgan fingerprint density at radius 3 is 2.12 bits per heavy atom. The molecule has 0 saturated carbocycles. The largest absolute Gasteiger partial charge is 0.534 e. The molecule has 7 nitrogen and oxygen atoms in total. The van der Waals surface area contributed by atoms with Crippen LogP contribution in [-0.4, -0.2) is 58.1 Å². The molecule has 4 atom stereocenters. The fourth-order valence-corrected chi connectivity index (χ4v) is 10.1. The van der Waals surface area contributed by atoms with Crippen molar-refractivity contribution < 1.29 is 74.1 Å². The first-order valence-electron chi connectivity index (χ1n) is 14.8. The highest BCUT2D eigenvalue weighted by atomic mass is 32.2. The SMILES string of the molecule is C[C@@H]1CC(OS(=O)(=O)C(F)(F)F)=CC[C@@H]1C(=O)N1CCC2(S(=O)(=O)c3cccc(F)c3)c3ccc(C(F)(C(F)(F)F)C(F)(F)F)cc3CCC12. The molecule has 3 aliphatic rings. The fourth-order valence-electron chi connectivity index (χ4n) is 7.19. The van der Waals surface area contributed by atoms with Crippen molar-refractivity contribution in [1.82, 2.24) is 4.90 Å². The van der Waals surface area contributed by atoms with Gasteiger partial charge in [0.25, 0.3) is 0 Å². The van der Waals surface area contributed by atoms with Gasteiger partial charge < -0.3 is 9.08 Å².